The van der Waals surface area contributed by atoms with Gasteiger partial charge in [-0.15, -0.1) is 0 Å². The molecule has 2 aromatic rings. The molecule has 1 aromatic heterocycles. The van der Waals surface area contributed by atoms with E-state index >= 15 is 0 Å². The minimum Gasteiger partial charge on any atom is -0.315 e. The normalized spacial score (nSPS) is 16.9. The van der Waals surface area contributed by atoms with Gasteiger partial charge in [0.05, 0.1) is 5.52 Å². The summed E-state index contributed by atoms with van der Waals surface area (Å²) in [5.74, 6) is 0.675. The van der Waals surface area contributed by atoms with Gasteiger partial charge in [0.25, 0.3) is 0 Å². The molecular formula is C11H11N3. The highest BCUT2D eigenvalue weighted by Crippen LogP contribution is 2.22. The number of benzene rings is 1. The molecule has 0 saturated carbocycles. The maximum absolute atomic E-state index is 4.25. The van der Waals surface area contributed by atoms with E-state index in [4.69, 9.17) is 0 Å². The monoisotopic (exact) mass is 185 g/mol. The Morgan fingerprint density at radius 1 is 1.29 bits per heavy atom. The van der Waals surface area contributed by atoms with E-state index in [1.165, 1.54) is 5.56 Å². The van der Waals surface area contributed by atoms with Gasteiger partial charge in [-0.25, -0.2) is 9.97 Å². The van der Waals surface area contributed by atoms with Crippen LogP contribution in [-0.4, -0.2) is 23.1 Å². The lowest BCUT2D eigenvalue weighted by Gasteiger charge is -2.27. The van der Waals surface area contributed by atoms with E-state index in [0.29, 0.717) is 5.92 Å². The van der Waals surface area contributed by atoms with Gasteiger partial charge in [0.15, 0.2) is 0 Å². The topological polar surface area (TPSA) is 37.8 Å². The minimum atomic E-state index is 0.675. The first kappa shape index (κ1) is 7.88. The Balaban J connectivity index is 2.10. The number of nitrogens with zero attached hydrogens (tertiary/aromatic N) is 2. The highest BCUT2D eigenvalue weighted by Gasteiger charge is 2.18. The number of fused-ring (bicyclic) bond motifs is 1. The molecule has 0 bridgehead atoms. The van der Waals surface area contributed by atoms with E-state index in [0.717, 1.165) is 24.0 Å². The zero-order valence-corrected chi connectivity index (χ0v) is 7.77. The van der Waals surface area contributed by atoms with Crippen molar-refractivity contribution in [3.63, 3.8) is 0 Å². The molecule has 0 radical (unpaired) electrons. The summed E-state index contributed by atoms with van der Waals surface area (Å²) in [6.07, 6.45) is 3.45. The maximum Gasteiger partial charge on any atom is 0.116 e. The van der Waals surface area contributed by atoms with Crippen LogP contribution in [0, 0.1) is 0 Å². The predicted octanol–water partition coefficient (Wildman–Crippen LogP) is 1.32. The van der Waals surface area contributed by atoms with Gasteiger partial charge in [-0.2, -0.15) is 0 Å². The molecule has 1 fully saturated rings. The van der Waals surface area contributed by atoms with Gasteiger partial charge >= 0.3 is 0 Å². The molecule has 3 rings (SSSR count). The first-order chi connectivity index (χ1) is 6.93. The second kappa shape index (κ2) is 3.03. The molecule has 3 nitrogen and oxygen atoms in total. The zero-order valence-electron chi connectivity index (χ0n) is 7.77. The van der Waals surface area contributed by atoms with E-state index in [9.17, 15) is 0 Å². The van der Waals surface area contributed by atoms with Crippen LogP contribution in [-0.2, 0) is 0 Å². The van der Waals surface area contributed by atoms with Crippen LogP contribution in [0.15, 0.2) is 30.7 Å². The fraction of sp³-hybridized carbons (Fsp3) is 0.273. The Kier molecular flexibility index (Phi) is 1.70. The SMILES string of the molecule is c1ncc2ccc(C3CNC3)cc2n1. The first-order valence-corrected chi connectivity index (χ1v) is 4.84. The summed E-state index contributed by atoms with van der Waals surface area (Å²) in [6, 6.07) is 6.45. The van der Waals surface area contributed by atoms with Crippen molar-refractivity contribution in [2.24, 2.45) is 0 Å². The molecule has 3 heteroatoms. The van der Waals surface area contributed by atoms with Crippen LogP contribution in [0.3, 0.4) is 0 Å². The fourth-order valence-corrected chi connectivity index (χ4v) is 1.77. The zero-order chi connectivity index (χ0) is 9.38. The highest BCUT2D eigenvalue weighted by atomic mass is 14.9. The van der Waals surface area contributed by atoms with E-state index < -0.39 is 0 Å². The first-order valence-electron chi connectivity index (χ1n) is 4.84. The number of aromatic nitrogens is 2. The maximum atomic E-state index is 4.25. The summed E-state index contributed by atoms with van der Waals surface area (Å²) in [4.78, 5) is 8.25. The van der Waals surface area contributed by atoms with E-state index in [2.05, 4.69) is 33.5 Å². The molecule has 14 heavy (non-hydrogen) atoms. The predicted molar refractivity (Wildman–Crippen MR) is 55.1 cm³/mol. The van der Waals surface area contributed by atoms with Gasteiger partial charge in [-0.05, 0) is 11.6 Å². The molecule has 1 saturated heterocycles. The summed E-state index contributed by atoms with van der Waals surface area (Å²) < 4.78 is 0. The second-order valence-corrected chi connectivity index (χ2v) is 3.70. The molecule has 0 unspecified atom stereocenters. The minimum absolute atomic E-state index is 0.675. The van der Waals surface area contributed by atoms with Crippen molar-refractivity contribution in [1.82, 2.24) is 15.3 Å². The van der Waals surface area contributed by atoms with Gasteiger partial charge in [0.2, 0.25) is 0 Å². The number of hydrogen-bond acceptors (Lipinski definition) is 3. The largest absolute Gasteiger partial charge is 0.315 e. The lowest BCUT2D eigenvalue weighted by Crippen LogP contribution is -2.39. The van der Waals surface area contributed by atoms with Crippen LogP contribution in [0.4, 0.5) is 0 Å². The van der Waals surface area contributed by atoms with Gasteiger partial charge in [0, 0.05) is 30.6 Å². The van der Waals surface area contributed by atoms with E-state index in [1.54, 1.807) is 6.33 Å². The fourth-order valence-electron chi connectivity index (χ4n) is 1.77. The number of nitrogens with one attached hydrogen (secondary N) is 1. The van der Waals surface area contributed by atoms with Crippen LogP contribution in [0.2, 0.25) is 0 Å². The van der Waals surface area contributed by atoms with E-state index in [-0.39, 0.29) is 0 Å². The molecule has 1 aliphatic heterocycles. The Morgan fingerprint density at radius 2 is 2.21 bits per heavy atom. The summed E-state index contributed by atoms with van der Waals surface area (Å²) in [7, 11) is 0. The lowest BCUT2D eigenvalue weighted by atomic mass is 9.93. The van der Waals surface area contributed by atoms with Crippen molar-refractivity contribution < 1.29 is 0 Å². The molecule has 0 spiro atoms. The van der Waals surface area contributed by atoms with Crippen molar-refractivity contribution in [2.75, 3.05) is 13.1 Å². The van der Waals surface area contributed by atoms with Crippen molar-refractivity contribution in [2.45, 2.75) is 5.92 Å². The Hall–Kier alpha value is -1.48. The van der Waals surface area contributed by atoms with Crippen LogP contribution in [0.1, 0.15) is 11.5 Å². The third-order valence-electron chi connectivity index (χ3n) is 2.78. The van der Waals surface area contributed by atoms with Crippen molar-refractivity contribution >= 4 is 10.9 Å². The van der Waals surface area contributed by atoms with Crippen LogP contribution < -0.4 is 5.32 Å². The summed E-state index contributed by atoms with van der Waals surface area (Å²) in [6.45, 7) is 2.19. The molecule has 70 valence electrons. The van der Waals surface area contributed by atoms with Gasteiger partial charge in [0.1, 0.15) is 6.33 Å². The third kappa shape index (κ3) is 1.17. The van der Waals surface area contributed by atoms with Gasteiger partial charge in [-0.3, -0.25) is 0 Å². The van der Waals surface area contributed by atoms with Crippen LogP contribution >= 0.6 is 0 Å². The van der Waals surface area contributed by atoms with Crippen molar-refractivity contribution in [3.05, 3.63) is 36.3 Å². The Morgan fingerprint density at radius 3 is 3.00 bits per heavy atom. The smallest absolute Gasteiger partial charge is 0.116 e. The molecule has 2 heterocycles. The van der Waals surface area contributed by atoms with Gasteiger partial charge < -0.3 is 5.32 Å². The molecule has 1 aliphatic rings. The second-order valence-electron chi connectivity index (χ2n) is 3.70. The highest BCUT2D eigenvalue weighted by molar-refractivity contribution is 5.78. The molecule has 1 N–H and O–H groups in total. The quantitative estimate of drug-likeness (QED) is 0.728. The number of hydrogen-bond donors (Lipinski definition) is 1. The average Bonchev–Trinajstić information content (AvgIpc) is 2.15. The van der Waals surface area contributed by atoms with Crippen molar-refractivity contribution in [1.29, 1.82) is 0 Å². The Bertz CT molecular complexity index is 463. The summed E-state index contributed by atoms with van der Waals surface area (Å²) in [5.41, 5.74) is 2.43. The molecule has 0 atom stereocenters. The standard InChI is InChI=1S/C11H11N3/c1-2-9-4-13-7-14-11(9)3-8(1)10-5-12-6-10/h1-4,7,10,12H,5-6H2. The van der Waals surface area contributed by atoms with E-state index in [1.807, 2.05) is 6.20 Å². The lowest BCUT2D eigenvalue weighted by molar-refractivity contribution is 0.448. The molecule has 0 aliphatic carbocycles. The third-order valence-corrected chi connectivity index (χ3v) is 2.78. The Labute approximate surface area is 82.2 Å². The number of rotatable bonds is 1. The van der Waals surface area contributed by atoms with Crippen molar-refractivity contribution in [3.8, 4) is 0 Å². The molecule has 0 amide bonds. The molecule has 1 aromatic carbocycles. The van der Waals surface area contributed by atoms with Crippen LogP contribution in [0.25, 0.3) is 10.9 Å². The van der Waals surface area contributed by atoms with Crippen LogP contribution in [0.5, 0.6) is 0 Å². The summed E-state index contributed by atoms with van der Waals surface area (Å²) in [5, 5.41) is 4.39. The molecular weight excluding hydrogens is 174 g/mol. The average molecular weight is 185 g/mol. The summed E-state index contributed by atoms with van der Waals surface area (Å²) >= 11 is 0. The van der Waals surface area contributed by atoms with Gasteiger partial charge in [-0.1, -0.05) is 12.1 Å².